The third kappa shape index (κ3) is 2.38. The molecule has 1 heterocycles. The molecule has 0 aliphatic heterocycles. The summed E-state index contributed by atoms with van der Waals surface area (Å²) in [5.41, 5.74) is 0.772. The van der Waals surface area contributed by atoms with Gasteiger partial charge < -0.3 is 4.98 Å². The van der Waals surface area contributed by atoms with E-state index in [1.165, 1.54) is 12.1 Å². The number of fused-ring (bicyclic) bond motifs is 1. The molecule has 7 heteroatoms. The topological polar surface area (TPSA) is 105 Å². The molecular formula is C9H9N3O3S. The number of rotatable bonds is 2. The molecule has 84 valence electrons. The van der Waals surface area contributed by atoms with E-state index in [0.717, 1.165) is 0 Å². The Morgan fingerprint density at radius 1 is 1.19 bits per heavy atom. The van der Waals surface area contributed by atoms with Crippen LogP contribution < -0.4 is 15.4 Å². The fourth-order valence-corrected chi connectivity index (χ4v) is 1.84. The van der Waals surface area contributed by atoms with Crippen LogP contribution in [0, 0.1) is 0 Å². The average Bonchev–Trinajstić information content (AvgIpc) is 2.16. The normalized spacial score (nSPS) is 11.6. The van der Waals surface area contributed by atoms with Crippen molar-refractivity contribution in [2.45, 2.75) is 0 Å². The van der Waals surface area contributed by atoms with Crippen molar-refractivity contribution in [3.05, 3.63) is 40.7 Å². The van der Waals surface area contributed by atoms with E-state index in [1.54, 1.807) is 18.2 Å². The number of aromatic nitrogens is 1. The van der Waals surface area contributed by atoms with Crippen LogP contribution >= 0.6 is 0 Å². The van der Waals surface area contributed by atoms with Gasteiger partial charge in [0.2, 0.25) is 5.56 Å². The summed E-state index contributed by atoms with van der Waals surface area (Å²) >= 11 is 0. The molecule has 0 atom stereocenters. The van der Waals surface area contributed by atoms with Crippen molar-refractivity contribution in [2.75, 3.05) is 4.72 Å². The zero-order valence-corrected chi connectivity index (χ0v) is 8.91. The van der Waals surface area contributed by atoms with Crippen LogP contribution in [0.3, 0.4) is 0 Å². The number of hydrogen-bond acceptors (Lipinski definition) is 3. The molecule has 0 spiro atoms. The fourth-order valence-electron chi connectivity index (χ4n) is 1.38. The van der Waals surface area contributed by atoms with Crippen LogP contribution in [-0.4, -0.2) is 13.4 Å². The third-order valence-corrected chi connectivity index (χ3v) is 2.50. The van der Waals surface area contributed by atoms with Crippen LogP contribution in [0.2, 0.25) is 0 Å². The highest BCUT2D eigenvalue weighted by atomic mass is 32.2. The summed E-state index contributed by atoms with van der Waals surface area (Å²) < 4.78 is 23.7. The van der Waals surface area contributed by atoms with Gasteiger partial charge in [-0.05, 0) is 24.3 Å². The van der Waals surface area contributed by atoms with E-state index in [1.807, 2.05) is 0 Å². The minimum atomic E-state index is -3.78. The molecular weight excluding hydrogens is 230 g/mol. The van der Waals surface area contributed by atoms with Crippen LogP contribution in [0.15, 0.2) is 35.1 Å². The predicted octanol–water partition coefficient (Wildman–Crippen LogP) is 0.143. The number of anilines is 1. The van der Waals surface area contributed by atoms with Gasteiger partial charge in [0.1, 0.15) is 0 Å². The monoisotopic (exact) mass is 239 g/mol. The second-order valence-electron chi connectivity index (χ2n) is 3.27. The van der Waals surface area contributed by atoms with Crippen LogP contribution in [-0.2, 0) is 10.2 Å². The molecule has 0 bridgehead atoms. The smallest absolute Gasteiger partial charge is 0.296 e. The highest BCUT2D eigenvalue weighted by molar-refractivity contribution is 7.90. The molecule has 0 aliphatic carbocycles. The van der Waals surface area contributed by atoms with Crippen molar-refractivity contribution < 1.29 is 8.42 Å². The zero-order chi connectivity index (χ0) is 11.8. The lowest BCUT2D eigenvalue weighted by Gasteiger charge is -2.04. The maximum atomic E-state index is 11.0. The lowest BCUT2D eigenvalue weighted by atomic mass is 10.2. The minimum absolute atomic E-state index is 0.209. The molecule has 4 N–H and O–H groups in total. The van der Waals surface area contributed by atoms with Crippen molar-refractivity contribution in [1.29, 1.82) is 0 Å². The lowest BCUT2D eigenvalue weighted by molar-refractivity contribution is 0.603. The van der Waals surface area contributed by atoms with Gasteiger partial charge in [-0.2, -0.15) is 8.42 Å². The van der Waals surface area contributed by atoms with E-state index >= 15 is 0 Å². The van der Waals surface area contributed by atoms with Gasteiger partial charge in [0.15, 0.2) is 0 Å². The van der Waals surface area contributed by atoms with E-state index in [2.05, 4.69) is 9.71 Å². The first kappa shape index (κ1) is 10.7. The highest BCUT2D eigenvalue weighted by Crippen LogP contribution is 2.16. The Bertz CT molecular complexity index is 690. The van der Waals surface area contributed by atoms with Crippen LogP contribution in [0.4, 0.5) is 5.69 Å². The predicted molar refractivity (Wildman–Crippen MR) is 61.3 cm³/mol. The molecule has 0 amide bonds. The molecule has 0 fully saturated rings. The Morgan fingerprint density at radius 2 is 1.94 bits per heavy atom. The zero-order valence-electron chi connectivity index (χ0n) is 8.10. The lowest BCUT2D eigenvalue weighted by Crippen LogP contribution is -2.21. The van der Waals surface area contributed by atoms with Gasteiger partial charge in [0, 0.05) is 17.0 Å². The number of H-pyrrole nitrogens is 1. The Labute approximate surface area is 91.3 Å². The standard InChI is InChI=1S/C9H9N3O3S/c10-16(14,15)12-7-2-3-8-6(5-7)1-4-9(13)11-8/h1-5,12H,(H,11,13)(H2,10,14,15). The number of nitrogens with one attached hydrogen (secondary N) is 2. The Hall–Kier alpha value is -1.86. The van der Waals surface area contributed by atoms with Gasteiger partial charge in [-0.1, -0.05) is 0 Å². The summed E-state index contributed by atoms with van der Waals surface area (Å²) in [5.74, 6) is 0. The summed E-state index contributed by atoms with van der Waals surface area (Å²) in [6.07, 6.45) is 0. The van der Waals surface area contributed by atoms with Crippen molar-refractivity contribution in [3.63, 3.8) is 0 Å². The van der Waals surface area contributed by atoms with Crippen molar-refractivity contribution in [2.24, 2.45) is 5.14 Å². The second kappa shape index (κ2) is 3.62. The van der Waals surface area contributed by atoms with Crippen LogP contribution in [0.25, 0.3) is 10.9 Å². The molecule has 0 saturated carbocycles. The summed E-state index contributed by atoms with van der Waals surface area (Å²) in [6, 6.07) is 7.66. The second-order valence-corrected chi connectivity index (χ2v) is 4.57. The van der Waals surface area contributed by atoms with E-state index in [9.17, 15) is 13.2 Å². The average molecular weight is 239 g/mol. The molecule has 0 radical (unpaired) electrons. The minimum Gasteiger partial charge on any atom is -0.322 e. The molecule has 2 aromatic rings. The maximum Gasteiger partial charge on any atom is 0.296 e. The van der Waals surface area contributed by atoms with Gasteiger partial charge >= 0.3 is 0 Å². The van der Waals surface area contributed by atoms with Gasteiger partial charge in [0.05, 0.1) is 5.69 Å². The van der Waals surface area contributed by atoms with Crippen molar-refractivity contribution in [1.82, 2.24) is 4.98 Å². The SMILES string of the molecule is NS(=O)(=O)Nc1ccc2[nH]c(=O)ccc2c1. The van der Waals surface area contributed by atoms with Crippen molar-refractivity contribution in [3.8, 4) is 0 Å². The molecule has 0 unspecified atom stereocenters. The molecule has 0 saturated heterocycles. The maximum absolute atomic E-state index is 11.0. The summed E-state index contributed by atoms with van der Waals surface area (Å²) in [5, 5.41) is 5.55. The summed E-state index contributed by atoms with van der Waals surface area (Å²) in [4.78, 5) is 13.6. The number of benzene rings is 1. The van der Waals surface area contributed by atoms with Gasteiger partial charge in [-0.25, -0.2) is 5.14 Å². The van der Waals surface area contributed by atoms with Gasteiger partial charge in [-0.15, -0.1) is 0 Å². The Kier molecular flexibility index (Phi) is 2.41. The number of aromatic amines is 1. The molecule has 16 heavy (non-hydrogen) atoms. The van der Waals surface area contributed by atoms with E-state index < -0.39 is 10.2 Å². The fraction of sp³-hybridized carbons (Fsp3) is 0. The number of hydrogen-bond donors (Lipinski definition) is 3. The largest absolute Gasteiger partial charge is 0.322 e. The first-order chi connectivity index (χ1) is 7.44. The van der Waals surface area contributed by atoms with Gasteiger partial charge in [0.25, 0.3) is 10.2 Å². The quantitative estimate of drug-likeness (QED) is 0.694. The Morgan fingerprint density at radius 3 is 2.62 bits per heavy atom. The summed E-state index contributed by atoms with van der Waals surface area (Å²) in [7, 11) is -3.78. The Balaban J connectivity index is 2.53. The third-order valence-electron chi connectivity index (χ3n) is 1.98. The molecule has 2 rings (SSSR count). The van der Waals surface area contributed by atoms with E-state index in [0.29, 0.717) is 16.6 Å². The van der Waals surface area contributed by atoms with E-state index in [4.69, 9.17) is 5.14 Å². The molecule has 1 aromatic carbocycles. The molecule has 0 aliphatic rings. The van der Waals surface area contributed by atoms with Crippen LogP contribution in [0.5, 0.6) is 0 Å². The van der Waals surface area contributed by atoms with Gasteiger partial charge in [-0.3, -0.25) is 9.52 Å². The number of nitrogens with two attached hydrogens (primary N) is 1. The summed E-state index contributed by atoms with van der Waals surface area (Å²) in [6.45, 7) is 0. The molecule has 1 aromatic heterocycles. The van der Waals surface area contributed by atoms with E-state index in [-0.39, 0.29) is 5.56 Å². The van der Waals surface area contributed by atoms with Crippen LogP contribution in [0.1, 0.15) is 0 Å². The highest BCUT2D eigenvalue weighted by Gasteiger charge is 2.03. The molecule has 6 nitrogen and oxygen atoms in total. The first-order valence-corrected chi connectivity index (χ1v) is 5.92. The van der Waals surface area contributed by atoms with Crippen molar-refractivity contribution >= 4 is 26.8 Å². The first-order valence-electron chi connectivity index (χ1n) is 4.38. The number of pyridine rings is 1.